The fraction of sp³-hybridized carbons (Fsp3) is 0.409. The van der Waals surface area contributed by atoms with Gasteiger partial charge in [-0.2, -0.15) is 0 Å². The summed E-state index contributed by atoms with van der Waals surface area (Å²) in [5.41, 5.74) is 1.80. The average molecular weight is 604 g/mol. The molecule has 2 aromatic rings. The molecule has 6 N–H and O–H groups in total. The third kappa shape index (κ3) is 13.9. The molecule has 0 aliphatic rings. The number of carboxylic acid groups (broad SMARTS) is 1. The van der Waals surface area contributed by atoms with Gasteiger partial charge in [0.2, 0.25) is 16.0 Å². The second kappa shape index (κ2) is 15.9. The number of carbonyl (C=O) groups is 1. The summed E-state index contributed by atoms with van der Waals surface area (Å²) in [6.07, 6.45) is 0.860. The molecule has 0 saturated heterocycles. The summed E-state index contributed by atoms with van der Waals surface area (Å²) in [4.78, 5) is 41.1. The summed E-state index contributed by atoms with van der Waals surface area (Å²) in [5.74, 6) is -1.87. The van der Waals surface area contributed by atoms with Gasteiger partial charge in [0.05, 0.1) is 36.3 Å². The normalized spacial score (nSPS) is 13.3. The van der Waals surface area contributed by atoms with E-state index in [-0.39, 0.29) is 47.8 Å². The van der Waals surface area contributed by atoms with Crippen LogP contribution in [0.3, 0.4) is 0 Å². The number of hydrogen-bond donors (Lipinski definition) is 6. The number of benzene rings is 1. The van der Waals surface area contributed by atoms with Crippen molar-refractivity contribution in [2.45, 2.75) is 44.8 Å². The van der Waals surface area contributed by atoms with Crippen LogP contribution >= 0.6 is 7.82 Å². The standard InChI is InChI=1S/C22H28FN3O6S.Na.H3O4P.H/c1-13(2)20-18(10-9-16(27)11-17(28)12-19(29)30)21(14-5-7-15(23)8-6-14)25-22(24-20)26(3)33(4,31)32;;1-5(2,3)4;/h5-10,13,16-17,27-28H,11-12H2,1-4H3,(H,29,30);;(H3,1,2,3,4);/b10-9+;;;. The summed E-state index contributed by atoms with van der Waals surface area (Å²) >= 11 is 0. The van der Waals surface area contributed by atoms with Gasteiger partial charge in [0.15, 0.2) is 0 Å². The second-order valence-electron chi connectivity index (χ2n) is 8.49. The van der Waals surface area contributed by atoms with Crippen LogP contribution in [0.5, 0.6) is 0 Å². The Hall–Kier alpha value is -1.78. The van der Waals surface area contributed by atoms with Crippen molar-refractivity contribution in [2.24, 2.45) is 0 Å². The number of anilines is 1. The van der Waals surface area contributed by atoms with E-state index >= 15 is 0 Å². The van der Waals surface area contributed by atoms with E-state index in [1.807, 2.05) is 13.8 Å². The van der Waals surface area contributed by atoms with Crippen LogP contribution in [0, 0.1) is 5.82 Å². The molecule has 2 rings (SSSR count). The van der Waals surface area contributed by atoms with E-state index in [4.69, 9.17) is 24.4 Å². The van der Waals surface area contributed by atoms with Gasteiger partial charge in [-0.3, -0.25) is 4.79 Å². The zero-order valence-electron chi connectivity index (χ0n) is 21.0. The predicted molar refractivity (Wildman–Crippen MR) is 144 cm³/mol. The molecule has 1 heterocycles. The van der Waals surface area contributed by atoms with Gasteiger partial charge in [0.1, 0.15) is 5.82 Å². The molecule has 1 aromatic heterocycles. The number of halogens is 1. The van der Waals surface area contributed by atoms with Crippen LogP contribution in [0.15, 0.2) is 30.3 Å². The Morgan fingerprint density at radius 3 is 2.08 bits per heavy atom. The number of phosphoric acid groups is 1. The number of aliphatic hydroxyl groups excluding tert-OH is 2. The maximum absolute atomic E-state index is 13.5. The van der Waals surface area contributed by atoms with Crippen molar-refractivity contribution >= 4 is 65.4 Å². The van der Waals surface area contributed by atoms with Crippen molar-refractivity contribution in [2.75, 3.05) is 17.6 Å². The summed E-state index contributed by atoms with van der Waals surface area (Å²) < 4.78 is 47.5. The first-order valence-corrected chi connectivity index (χ1v) is 14.4. The van der Waals surface area contributed by atoms with Crippen molar-refractivity contribution in [1.29, 1.82) is 0 Å². The molecule has 2 atom stereocenters. The SMILES string of the molecule is CC(C)c1nc(N(C)S(C)(=O)=O)nc(-c2ccc(F)cc2)c1/C=C/C(O)CC(O)CC(=O)O.O=P(O)(O)O.[NaH]. The molecule has 0 aliphatic heterocycles. The Kier molecular flexibility index (Phi) is 15.1. The van der Waals surface area contributed by atoms with Gasteiger partial charge in [0.25, 0.3) is 0 Å². The Balaban J connectivity index is 0.00000220. The van der Waals surface area contributed by atoms with Crippen LogP contribution in [0.2, 0.25) is 0 Å². The van der Waals surface area contributed by atoms with Crippen molar-refractivity contribution in [3.05, 3.63) is 47.4 Å². The topological polar surface area (TPSA) is 219 Å². The summed E-state index contributed by atoms with van der Waals surface area (Å²) in [7, 11) is -6.96. The Labute approximate surface area is 247 Å². The number of hydrogen-bond acceptors (Lipinski definition) is 8. The van der Waals surface area contributed by atoms with Crippen molar-refractivity contribution in [3.8, 4) is 11.3 Å². The number of aliphatic carboxylic acids is 1. The molecule has 0 spiro atoms. The minimum atomic E-state index is -4.64. The molecule has 13 nitrogen and oxygen atoms in total. The molecule has 0 radical (unpaired) electrons. The van der Waals surface area contributed by atoms with E-state index in [9.17, 15) is 27.8 Å². The van der Waals surface area contributed by atoms with Crippen molar-refractivity contribution < 1.29 is 52.2 Å². The third-order valence-corrected chi connectivity index (χ3v) is 5.97. The molecule has 0 amide bonds. The number of rotatable bonds is 10. The fourth-order valence-corrected chi connectivity index (χ4v) is 3.42. The van der Waals surface area contributed by atoms with E-state index in [2.05, 4.69) is 9.97 Å². The molecule has 0 saturated carbocycles. The number of aliphatic hydroxyl groups is 2. The molecule has 1 aromatic carbocycles. The first kappa shape index (κ1) is 37.2. The van der Waals surface area contributed by atoms with Crippen LogP contribution in [-0.4, -0.2) is 109 Å². The molecule has 0 fully saturated rings. The molecule has 2 unspecified atom stereocenters. The first-order valence-electron chi connectivity index (χ1n) is 11.0. The van der Waals surface area contributed by atoms with E-state index in [0.29, 0.717) is 22.5 Å². The average Bonchev–Trinajstić information content (AvgIpc) is 2.74. The predicted octanol–water partition coefficient (Wildman–Crippen LogP) is 0.825. The number of carboxylic acids is 1. The van der Waals surface area contributed by atoms with Gasteiger partial charge in [-0.25, -0.2) is 31.6 Å². The van der Waals surface area contributed by atoms with E-state index < -0.39 is 48.3 Å². The van der Waals surface area contributed by atoms with Gasteiger partial charge in [-0.05, 0) is 30.2 Å². The van der Waals surface area contributed by atoms with Crippen LogP contribution in [0.1, 0.15) is 43.9 Å². The van der Waals surface area contributed by atoms with Crippen molar-refractivity contribution in [1.82, 2.24) is 9.97 Å². The molecular weight excluding hydrogens is 571 g/mol. The second-order valence-corrected chi connectivity index (χ2v) is 11.5. The maximum atomic E-state index is 13.5. The van der Waals surface area contributed by atoms with Crippen LogP contribution in [0.25, 0.3) is 17.3 Å². The molecule has 39 heavy (non-hydrogen) atoms. The number of nitrogens with zero attached hydrogens (tertiary/aromatic N) is 3. The minimum absolute atomic E-state index is 0. The van der Waals surface area contributed by atoms with Gasteiger partial charge in [-0.1, -0.05) is 26.0 Å². The van der Waals surface area contributed by atoms with Gasteiger partial charge in [-0.15, -0.1) is 0 Å². The van der Waals surface area contributed by atoms with E-state index in [0.717, 1.165) is 10.6 Å². The van der Waals surface area contributed by atoms with Crippen LogP contribution in [0.4, 0.5) is 10.3 Å². The number of aromatic nitrogens is 2. The zero-order chi connectivity index (χ0) is 29.4. The summed E-state index contributed by atoms with van der Waals surface area (Å²) in [6.45, 7) is 3.71. The first-order chi connectivity index (χ1) is 17.3. The van der Waals surface area contributed by atoms with Crippen LogP contribution in [-0.2, 0) is 19.4 Å². The zero-order valence-corrected chi connectivity index (χ0v) is 22.7. The van der Waals surface area contributed by atoms with Gasteiger partial charge in [0, 0.05) is 24.6 Å². The number of sulfonamides is 1. The Bertz CT molecular complexity index is 1280. The Morgan fingerprint density at radius 2 is 1.64 bits per heavy atom. The monoisotopic (exact) mass is 603 g/mol. The quantitative estimate of drug-likeness (QED) is 0.164. The molecule has 17 heteroatoms. The molecule has 214 valence electrons. The van der Waals surface area contributed by atoms with Crippen molar-refractivity contribution in [3.63, 3.8) is 0 Å². The van der Waals surface area contributed by atoms with E-state index in [1.54, 1.807) is 0 Å². The third-order valence-electron chi connectivity index (χ3n) is 4.82. The van der Waals surface area contributed by atoms with Crippen LogP contribution < -0.4 is 4.31 Å². The van der Waals surface area contributed by atoms with Gasteiger partial charge < -0.3 is 30.0 Å². The Morgan fingerprint density at radius 1 is 1.13 bits per heavy atom. The molecule has 0 aliphatic carbocycles. The molecular formula is C22H32FN3NaO10PS. The summed E-state index contributed by atoms with van der Waals surface area (Å²) in [5, 5.41) is 28.8. The van der Waals surface area contributed by atoms with E-state index in [1.165, 1.54) is 43.5 Å². The summed E-state index contributed by atoms with van der Waals surface area (Å²) in [6, 6.07) is 5.49. The van der Waals surface area contributed by atoms with Gasteiger partial charge >= 0.3 is 43.3 Å². The molecule has 0 bridgehead atoms. The fourth-order valence-electron chi connectivity index (χ4n) is 3.05.